The highest BCUT2D eigenvalue weighted by Gasteiger charge is 2.11. The minimum Gasteiger partial charge on any atom is -0.483 e. The summed E-state index contributed by atoms with van der Waals surface area (Å²) in [6.45, 7) is 3.23. The van der Waals surface area contributed by atoms with Gasteiger partial charge in [0.05, 0.1) is 24.7 Å². The van der Waals surface area contributed by atoms with E-state index in [1.807, 2.05) is 24.3 Å². The van der Waals surface area contributed by atoms with Gasteiger partial charge in [0.2, 0.25) is 0 Å². The summed E-state index contributed by atoms with van der Waals surface area (Å²) in [6, 6.07) is 15.0. The summed E-state index contributed by atoms with van der Waals surface area (Å²) in [5, 5.41) is 10.9. The highest BCUT2D eigenvalue weighted by Crippen LogP contribution is 2.24. The molecule has 1 amide bonds. The number of rotatable bonds is 6. The average molecular weight is 448 g/mol. The van der Waals surface area contributed by atoms with Crippen molar-refractivity contribution >= 4 is 29.0 Å². The first-order chi connectivity index (χ1) is 16.0. The van der Waals surface area contributed by atoms with Crippen LogP contribution in [0.1, 0.15) is 16.1 Å². The Morgan fingerprint density at radius 2 is 2.00 bits per heavy atom. The van der Waals surface area contributed by atoms with Crippen molar-refractivity contribution in [3.05, 3.63) is 82.5 Å². The molecule has 9 heteroatoms. The molecule has 0 aliphatic rings. The van der Waals surface area contributed by atoms with Crippen LogP contribution >= 0.6 is 0 Å². The predicted octanol–water partition coefficient (Wildman–Crippen LogP) is 3.30. The summed E-state index contributed by atoms with van der Waals surface area (Å²) < 4.78 is 7.39. The summed E-state index contributed by atoms with van der Waals surface area (Å²) in [6.07, 6.45) is 2.77. The number of aromatic nitrogens is 3. The number of aromatic amines is 1. The molecular formula is C24H24N4O5. The number of ether oxygens (including phenoxy) is 1. The van der Waals surface area contributed by atoms with Gasteiger partial charge < -0.3 is 24.7 Å². The normalized spacial score (nSPS) is 10.4. The number of H-pyrrole nitrogens is 1. The van der Waals surface area contributed by atoms with Gasteiger partial charge in [-0.15, -0.1) is 0 Å². The number of fused-ring (bicyclic) bond motifs is 1. The summed E-state index contributed by atoms with van der Waals surface area (Å²) in [5.74, 6) is -0.224. The van der Waals surface area contributed by atoms with Gasteiger partial charge in [-0.2, -0.15) is 0 Å². The standard InChI is InChI=1S/C23H22N4O3.CH2O2/c1-15-10-18-12-19(6-7-21(18)27(15)8-9-30-2)25-23(29)17-5-3-4-16(11-17)20-13-24-14-22(28)26-20;2-1-3/h3-7,10-14H,8-9H2,1-2H3,(H,25,29)(H,26,28);1H,(H,2,3). The lowest BCUT2D eigenvalue weighted by Crippen LogP contribution is -2.12. The van der Waals surface area contributed by atoms with E-state index in [4.69, 9.17) is 14.6 Å². The Morgan fingerprint density at radius 1 is 1.21 bits per heavy atom. The van der Waals surface area contributed by atoms with Gasteiger partial charge >= 0.3 is 0 Å². The molecule has 33 heavy (non-hydrogen) atoms. The van der Waals surface area contributed by atoms with Gasteiger partial charge in [-0.3, -0.25) is 19.4 Å². The molecule has 0 saturated heterocycles. The Morgan fingerprint density at radius 3 is 2.73 bits per heavy atom. The number of carboxylic acid groups (broad SMARTS) is 1. The van der Waals surface area contributed by atoms with Crippen LogP contribution in [0.15, 0.2) is 65.7 Å². The highest BCUT2D eigenvalue weighted by atomic mass is 16.5. The first kappa shape index (κ1) is 23.4. The lowest BCUT2D eigenvalue weighted by atomic mass is 10.1. The van der Waals surface area contributed by atoms with E-state index in [0.717, 1.165) is 28.8 Å². The van der Waals surface area contributed by atoms with Crippen LogP contribution in [0.25, 0.3) is 22.2 Å². The first-order valence-corrected chi connectivity index (χ1v) is 10.1. The molecule has 4 aromatic rings. The SMILES string of the molecule is COCCn1c(C)cc2cc(NC(=O)c3cccc(-c4cncc(=O)[nH]4)c3)ccc21.O=CO. The Balaban J connectivity index is 0.000000968. The van der Waals surface area contributed by atoms with E-state index in [2.05, 4.69) is 32.8 Å². The molecule has 2 heterocycles. The molecule has 9 nitrogen and oxygen atoms in total. The smallest absolute Gasteiger partial charge is 0.290 e. The number of benzene rings is 2. The van der Waals surface area contributed by atoms with Crippen LogP contribution in [0, 0.1) is 6.92 Å². The third-order valence-corrected chi connectivity index (χ3v) is 4.97. The van der Waals surface area contributed by atoms with Crippen molar-refractivity contribution in [2.24, 2.45) is 0 Å². The number of hydrogen-bond acceptors (Lipinski definition) is 5. The maximum absolute atomic E-state index is 12.8. The Kier molecular flexibility index (Phi) is 7.72. The molecule has 170 valence electrons. The van der Waals surface area contributed by atoms with Crippen molar-refractivity contribution in [3.8, 4) is 11.3 Å². The first-order valence-electron chi connectivity index (χ1n) is 10.1. The number of anilines is 1. The van der Waals surface area contributed by atoms with Gasteiger partial charge in [-0.25, -0.2) is 0 Å². The second-order valence-corrected chi connectivity index (χ2v) is 7.15. The zero-order chi connectivity index (χ0) is 23.8. The summed E-state index contributed by atoms with van der Waals surface area (Å²) in [5.41, 5.74) is 4.44. The molecule has 0 unspecified atom stereocenters. The van der Waals surface area contributed by atoms with Crippen LogP contribution in [-0.2, 0) is 16.1 Å². The zero-order valence-corrected chi connectivity index (χ0v) is 18.2. The fraction of sp³-hybridized carbons (Fsp3) is 0.167. The van der Waals surface area contributed by atoms with Gasteiger partial charge in [0.1, 0.15) is 0 Å². The maximum Gasteiger partial charge on any atom is 0.290 e. The van der Waals surface area contributed by atoms with E-state index in [-0.39, 0.29) is 17.9 Å². The number of carbonyl (C=O) groups excluding carboxylic acids is 1. The van der Waals surface area contributed by atoms with Crippen LogP contribution < -0.4 is 10.9 Å². The Hall–Kier alpha value is -4.24. The Labute approximate surface area is 189 Å². The number of aryl methyl sites for hydroxylation is 1. The van der Waals surface area contributed by atoms with Gasteiger partial charge in [0, 0.05) is 47.1 Å². The maximum atomic E-state index is 12.8. The van der Waals surface area contributed by atoms with E-state index in [1.54, 1.807) is 31.5 Å². The third kappa shape index (κ3) is 5.72. The summed E-state index contributed by atoms with van der Waals surface area (Å²) in [7, 11) is 1.69. The van der Waals surface area contributed by atoms with Crippen molar-refractivity contribution in [1.82, 2.24) is 14.5 Å². The molecule has 0 radical (unpaired) electrons. The number of methoxy groups -OCH3 is 1. The van der Waals surface area contributed by atoms with E-state index >= 15 is 0 Å². The van der Waals surface area contributed by atoms with Crippen molar-refractivity contribution < 1.29 is 19.4 Å². The molecule has 0 saturated carbocycles. The van der Waals surface area contributed by atoms with Gasteiger partial charge in [-0.05, 0) is 43.3 Å². The number of nitrogens with one attached hydrogen (secondary N) is 2. The molecule has 3 N–H and O–H groups in total. The minimum absolute atomic E-state index is 0.224. The molecule has 0 spiro atoms. The van der Waals surface area contributed by atoms with Crippen molar-refractivity contribution in [3.63, 3.8) is 0 Å². The number of nitrogens with zero attached hydrogens (tertiary/aromatic N) is 2. The number of hydrogen-bond donors (Lipinski definition) is 3. The molecular weight excluding hydrogens is 424 g/mol. The number of carbonyl (C=O) groups is 2. The van der Waals surface area contributed by atoms with E-state index in [9.17, 15) is 9.59 Å². The third-order valence-electron chi connectivity index (χ3n) is 4.97. The van der Waals surface area contributed by atoms with Crippen molar-refractivity contribution in [2.45, 2.75) is 13.5 Å². The summed E-state index contributed by atoms with van der Waals surface area (Å²) in [4.78, 5) is 39.3. The van der Waals surface area contributed by atoms with Gasteiger partial charge in [0.25, 0.3) is 17.9 Å². The lowest BCUT2D eigenvalue weighted by molar-refractivity contribution is -0.122. The average Bonchev–Trinajstić information content (AvgIpc) is 3.12. The van der Waals surface area contributed by atoms with E-state index in [0.29, 0.717) is 23.4 Å². The van der Waals surface area contributed by atoms with E-state index in [1.165, 1.54) is 6.20 Å². The van der Waals surface area contributed by atoms with Crippen LogP contribution in [0.2, 0.25) is 0 Å². The minimum atomic E-state index is -0.289. The van der Waals surface area contributed by atoms with Crippen LogP contribution in [0.5, 0.6) is 0 Å². The molecule has 2 aromatic carbocycles. The van der Waals surface area contributed by atoms with Crippen molar-refractivity contribution in [1.29, 1.82) is 0 Å². The monoisotopic (exact) mass is 448 g/mol. The molecule has 0 atom stereocenters. The lowest BCUT2D eigenvalue weighted by Gasteiger charge is -2.09. The predicted molar refractivity (Wildman–Crippen MR) is 125 cm³/mol. The van der Waals surface area contributed by atoms with Crippen LogP contribution in [-0.4, -0.2) is 45.7 Å². The largest absolute Gasteiger partial charge is 0.483 e. The highest BCUT2D eigenvalue weighted by molar-refractivity contribution is 6.05. The van der Waals surface area contributed by atoms with Crippen molar-refractivity contribution in [2.75, 3.05) is 19.0 Å². The Bertz CT molecular complexity index is 1330. The van der Waals surface area contributed by atoms with E-state index < -0.39 is 0 Å². The topological polar surface area (TPSA) is 126 Å². The molecule has 0 fully saturated rings. The molecule has 2 aromatic heterocycles. The van der Waals surface area contributed by atoms with Crippen LogP contribution in [0.4, 0.5) is 5.69 Å². The molecule has 0 aliphatic heterocycles. The molecule has 4 rings (SSSR count). The van der Waals surface area contributed by atoms with Gasteiger partial charge in [0.15, 0.2) is 0 Å². The fourth-order valence-corrected chi connectivity index (χ4v) is 3.52. The molecule has 0 aliphatic carbocycles. The number of amides is 1. The zero-order valence-electron chi connectivity index (χ0n) is 18.2. The fourth-order valence-electron chi connectivity index (χ4n) is 3.52. The van der Waals surface area contributed by atoms with Gasteiger partial charge in [-0.1, -0.05) is 12.1 Å². The molecule has 0 bridgehead atoms. The van der Waals surface area contributed by atoms with Crippen LogP contribution in [0.3, 0.4) is 0 Å². The second-order valence-electron chi connectivity index (χ2n) is 7.15. The summed E-state index contributed by atoms with van der Waals surface area (Å²) >= 11 is 0. The quantitative estimate of drug-likeness (QED) is 0.389. The second kappa shape index (κ2) is 10.9.